The summed E-state index contributed by atoms with van der Waals surface area (Å²) in [7, 11) is 0. The van der Waals surface area contributed by atoms with Crippen molar-refractivity contribution in [2.75, 3.05) is 11.9 Å². The van der Waals surface area contributed by atoms with E-state index < -0.39 is 12.0 Å². The van der Waals surface area contributed by atoms with Gasteiger partial charge in [0.25, 0.3) is 0 Å². The smallest absolute Gasteiger partial charge is 0.320 e. The van der Waals surface area contributed by atoms with Gasteiger partial charge in [0.1, 0.15) is 6.04 Å². The summed E-state index contributed by atoms with van der Waals surface area (Å²) in [5, 5.41) is 14.7. The Hall–Kier alpha value is -2.37. The van der Waals surface area contributed by atoms with E-state index in [1.165, 1.54) is 0 Å². The van der Waals surface area contributed by atoms with Crippen LogP contribution in [0.15, 0.2) is 54.6 Å². The average Bonchev–Trinajstić information content (AvgIpc) is 2.59. The number of amides is 1. The van der Waals surface area contributed by atoms with Gasteiger partial charge in [-0.3, -0.25) is 14.9 Å². The standard InChI is InChI=1S/C19H22N2O3.ClH/c1-2-8-17(19(23)24)20-13-18(22)21-16-12-7-6-11-15(16)14-9-4-3-5-10-14;/h3-7,9-12,17,20H,2,8,13H2,1H3,(H,21,22)(H,23,24);1H. The lowest BCUT2D eigenvalue weighted by Crippen LogP contribution is -2.41. The van der Waals surface area contributed by atoms with Gasteiger partial charge in [-0.2, -0.15) is 0 Å². The van der Waals surface area contributed by atoms with Crippen LogP contribution in [-0.4, -0.2) is 29.6 Å². The Kier molecular flexibility index (Phi) is 8.67. The van der Waals surface area contributed by atoms with Crippen LogP contribution in [0.25, 0.3) is 11.1 Å². The zero-order chi connectivity index (χ0) is 17.4. The summed E-state index contributed by atoms with van der Waals surface area (Å²) in [5.74, 6) is -1.20. The number of carboxylic acid groups (broad SMARTS) is 1. The first-order valence-corrected chi connectivity index (χ1v) is 8.02. The van der Waals surface area contributed by atoms with E-state index in [1.54, 1.807) is 0 Å². The zero-order valence-corrected chi connectivity index (χ0v) is 14.9. The summed E-state index contributed by atoms with van der Waals surface area (Å²) in [5.41, 5.74) is 2.64. The molecule has 0 aliphatic carbocycles. The summed E-state index contributed by atoms with van der Waals surface area (Å²) in [6, 6.07) is 16.6. The van der Waals surface area contributed by atoms with E-state index >= 15 is 0 Å². The SMILES string of the molecule is CCCC(NCC(=O)Nc1ccccc1-c1ccccc1)C(=O)O.Cl. The third kappa shape index (κ3) is 6.21. The van der Waals surface area contributed by atoms with Crippen molar-refractivity contribution < 1.29 is 14.7 Å². The molecule has 0 fully saturated rings. The van der Waals surface area contributed by atoms with Gasteiger partial charge in [-0.05, 0) is 18.1 Å². The van der Waals surface area contributed by atoms with Gasteiger partial charge in [0.05, 0.1) is 6.54 Å². The lowest BCUT2D eigenvalue weighted by molar-refractivity contribution is -0.139. The average molecular weight is 363 g/mol. The maximum atomic E-state index is 12.2. The first-order chi connectivity index (χ1) is 11.6. The molecule has 1 atom stereocenters. The maximum absolute atomic E-state index is 12.2. The number of carbonyl (C=O) groups excluding carboxylic acids is 1. The summed E-state index contributed by atoms with van der Waals surface area (Å²) in [6.07, 6.45) is 1.23. The number of hydrogen-bond donors (Lipinski definition) is 3. The molecular formula is C19H23ClN2O3. The number of carboxylic acids is 1. The van der Waals surface area contributed by atoms with Crippen molar-refractivity contribution in [3.63, 3.8) is 0 Å². The van der Waals surface area contributed by atoms with Crippen LogP contribution in [0.5, 0.6) is 0 Å². The molecule has 0 aliphatic heterocycles. The Morgan fingerprint density at radius 3 is 2.32 bits per heavy atom. The summed E-state index contributed by atoms with van der Waals surface area (Å²) in [4.78, 5) is 23.3. The number of benzene rings is 2. The molecule has 0 heterocycles. The molecule has 1 amide bonds. The third-order valence-corrected chi connectivity index (χ3v) is 3.67. The van der Waals surface area contributed by atoms with E-state index in [9.17, 15) is 9.59 Å². The first-order valence-electron chi connectivity index (χ1n) is 8.02. The molecule has 0 saturated carbocycles. The minimum Gasteiger partial charge on any atom is -0.480 e. The number of hydrogen-bond acceptors (Lipinski definition) is 3. The van der Waals surface area contributed by atoms with Crippen molar-refractivity contribution in [2.24, 2.45) is 0 Å². The summed E-state index contributed by atoms with van der Waals surface area (Å²) >= 11 is 0. The van der Waals surface area contributed by atoms with Gasteiger partial charge < -0.3 is 10.4 Å². The van der Waals surface area contributed by atoms with Gasteiger partial charge >= 0.3 is 5.97 Å². The second kappa shape index (κ2) is 10.5. The molecule has 0 spiro atoms. The fraction of sp³-hybridized carbons (Fsp3) is 0.263. The molecule has 0 aliphatic rings. The van der Waals surface area contributed by atoms with E-state index in [0.29, 0.717) is 12.1 Å². The van der Waals surface area contributed by atoms with E-state index in [2.05, 4.69) is 10.6 Å². The van der Waals surface area contributed by atoms with Crippen molar-refractivity contribution in [1.29, 1.82) is 0 Å². The van der Waals surface area contributed by atoms with E-state index in [1.807, 2.05) is 61.5 Å². The van der Waals surface area contributed by atoms with Crippen LogP contribution >= 0.6 is 12.4 Å². The molecule has 134 valence electrons. The molecule has 0 bridgehead atoms. The highest BCUT2D eigenvalue weighted by Gasteiger charge is 2.17. The molecule has 25 heavy (non-hydrogen) atoms. The van der Waals surface area contributed by atoms with E-state index in [4.69, 9.17) is 5.11 Å². The van der Waals surface area contributed by atoms with Crippen LogP contribution in [-0.2, 0) is 9.59 Å². The molecule has 2 aromatic carbocycles. The van der Waals surface area contributed by atoms with Gasteiger partial charge in [-0.1, -0.05) is 61.9 Å². The van der Waals surface area contributed by atoms with Gasteiger partial charge in [0.15, 0.2) is 0 Å². The Labute approximate surface area is 153 Å². The predicted octanol–water partition coefficient (Wildman–Crippen LogP) is 3.56. The normalized spacial score (nSPS) is 11.2. The van der Waals surface area contributed by atoms with Crippen molar-refractivity contribution in [2.45, 2.75) is 25.8 Å². The molecule has 3 N–H and O–H groups in total. The van der Waals surface area contributed by atoms with Crippen LogP contribution in [0.4, 0.5) is 5.69 Å². The monoisotopic (exact) mass is 362 g/mol. The molecule has 0 radical (unpaired) electrons. The van der Waals surface area contributed by atoms with Crippen molar-refractivity contribution in [1.82, 2.24) is 5.32 Å². The highest BCUT2D eigenvalue weighted by atomic mass is 35.5. The van der Waals surface area contributed by atoms with E-state index in [-0.39, 0.29) is 24.9 Å². The van der Waals surface area contributed by atoms with Gasteiger partial charge in [-0.25, -0.2) is 0 Å². The number of nitrogens with one attached hydrogen (secondary N) is 2. The number of para-hydroxylation sites is 1. The van der Waals surface area contributed by atoms with Crippen LogP contribution in [0.1, 0.15) is 19.8 Å². The quantitative estimate of drug-likeness (QED) is 0.671. The fourth-order valence-corrected chi connectivity index (χ4v) is 2.47. The van der Waals surface area contributed by atoms with Crippen LogP contribution in [0.2, 0.25) is 0 Å². The lowest BCUT2D eigenvalue weighted by Gasteiger charge is -2.15. The van der Waals surface area contributed by atoms with Gasteiger partial charge in [0.2, 0.25) is 5.91 Å². The highest BCUT2D eigenvalue weighted by molar-refractivity contribution is 5.96. The van der Waals surface area contributed by atoms with Crippen LogP contribution < -0.4 is 10.6 Å². The van der Waals surface area contributed by atoms with Gasteiger partial charge in [-0.15, -0.1) is 12.4 Å². The number of aliphatic carboxylic acids is 1. The van der Waals surface area contributed by atoms with Crippen molar-refractivity contribution >= 4 is 30.0 Å². The van der Waals surface area contributed by atoms with Crippen LogP contribution in [0, 0.1) is 0 Å². The van der Waals surface area contributed by atoms with E-state index in [0.717, 1.165) is 17.5 Å². The molecule has 0 aromatic heterocycles. The Morgan fingerprint density at radius 2 is 1.68 bits per heavy atom. The summed E-state index contributed by atoms with van der Waals surface area (Å²) in [6.45, 7) is 1.87. The maximum Gasteiger partial charge on any atom is 0.320 e. The molecule has 6 heteroatoms. The molecule has 1 unspecified atom stereocenters. The second-order valence-electron chi connectivity index (χ2n) is 5.52. The molecule has 0 saturated heterocycles. The second-order valence-corrected chi connectivity index (χ2v) is 5.52. The zero-order valence-electron chi connectivity index (χ0n) is 14.1. The molecule has 5 nitrogen and oxygen atoms in total. The number of rotatable bonds is 8. The first kappa shape index (κ1) is 20.7. The van der Waals surface area contributed by atoms with Gasteiger partial charge in [0, 0.05) is 11.3 Å². The molecule has 2 rings (SSSR count). The molecular weight excluding hydrogens is 340 g/mol. The molecule has 2 aromatic rings. The Balaban J connectivity index is 0.00000312. The highest BCUT2D eigenvalue weighted by Crippen LogP contribution is 2.27. The Bertz CT molecular complexity index is 692. The number of carbonyl (C=O) groups is 2. The van der Waals surface area contributed by atoms with Crippen LogP contribution in [0.3, 0.4) is 0 Å². The summed E-state index contributed by atoms with van der Waals surface area (Å²) < 4.78 is 0. The number of halogens is 1. The minimum absolute atomic E-state index is 0. The number of anilines is 1. The van der Waals surface area contributed by atoms with Crippen molar-refractivity contribution in [3.8, 4) is 11.1 Å². The Morgan fingerprint density at radius 1 is 1.04 bits per heavy atom. The topological polar surface area (TPSA) is 78.4 Å². The largest absolute Gasteiger partial charge is 0.480 e. The fourth-order valence-electron chi connectivity index (χ4n) is 2.47. The third-order valence-electron chi connectivity index (χ3n) is 3.67. The predicted molar refractivity (Wildman–Crippen MR) is 102 cm³/mol. The lowest BCUT2D eigenvalue weighted by atomic mass is 10.0. The van der Waals surface area contributed by atoms with Crippen molar-refractivity contribution in [3.05, 3.63) is 54.6 Å². The minimum atomic E-state index is -0.936.